The molecule has 0 fully saturated rings. The van der Waals surface area contributed by atoms with Crippen molar-refractivity contribution in [1.82, 2.24) is 19.6 Å². The molecule has 0 aliphatic heterocycles. The molecule has 2 aromatic carbocycles. The van der Waals surface area contributed by atoms with E-state index in [9.17, 15) is 13.2 Å². The highest BCUT2D eigenvalue weighted by Crippen LogP contribution is 2.29. The lowest BCUT2D eigenvalue weighted by Crippen LogP contribution is -2.10. The molecule has 0 radical (unpaired) electrons. The van der Waals surface area contributed by atoms with Gasteiger partial charge in [-0.15, -0.1) is 0 Å². The minimum atomic E-state index is -4.32. The molecule has 0 atom stereocenters. The average Bonchev–Trinajstić information content (AvgIpc) is 3.17. The highest BCUT2D eigenvalue weighted by atomic mass is 19.4. The Kier molecular flexibility index (Phi) is 4.68. The van der Waals surface area contributed by atoms with Gasteiger partial charge in [-0.05, 0) is 24.1 Å². The van der Waals surface area contributed by atoms with E-state index in [1.807, 2.05) is 36.4 Å². The van der Waals surface area contributed by atoms with Gasteiger partial charge in [0.1, 0.15) is 12.1 Å². The van der Waals surface area contributed by atoms with Gasteiger partial charge < -0.3 is 5.32 Å². The van der Waals surface area contributed by atoms with Crippen LogP contribution in [0.3, 0.4) is 0 Å². The predicted octanol–water partition coefficient (Wildman–Crippen LogP) is 4.46. The van der Waals surface area contributed by atoms with Gasteiger partial charge in [-0.1, -0.05) is 42.5 Å². The van der Waals surface area contributed by atoms with Crippen LogP contribution in [0, 0.1) is 0 Å². The summed E-state index contributed by atoms with van der Waals surface area (Å²) in [7, 11) is 0. The second-order valence-corrected chi connectivity index (χ2v) is 6.24. The first-order valence-electron chi connectivity index (χ1n) is 8.67. The number of halogens is 3. The number of hydrogen-bond donors (Lipinski definition) is 1. The van der Waals surface area contributed by atoms with Gasteiger partial charge >= 0.3 is 6.18 Å². The van der Waals surface area contributed by atoms with Gasteiger partial charge in [-0.3, -0.25) is 0 Å². The summed E-state index contributed by atoms with van der Waals surface area (Å²) in [6.07, 6.45) is -2.32. The summed E-state index contributed by atoms with van der Waals surface area (Å²) in [6.45, 7) is 0.526. The molecule has 4 aromatic rings. The molecule has 0 amide bonds. The third-order valence-electron chi connectivity index (χ3n) is 4.32. The molecule has 0 spiro atoms. The first kappa shape index (κ1) is 18.0. The van der Waals surface area contributed by atoms with Crippen molar-refractivity contribution >= 4 is 11.6 Å². The summed E-state index contributed by atoms with van der Waals surface area (Å²) in [5.41, 5.74) is 1.89. The molecule has 2 aromatic heterocycles. The normalized spacial score (nSPS) is 11.7. The SMILES string of the molecule is FC(F)(F)c1ccc(CCNc2cc(-c3ccccc3)nc3ncnn23)cc1. The van der Waals surface area contributed by atoms with Crippen LogP contribution in [0.25, 0.3) is 17.0 Å². The zero-order valence-corrected chi connectivity index (χ0v) is 14.7. The highest BCUT2D eigenvalue weighted by molar-refractivity contribution is 5.65. The Morgan fingerprint density at radius 3 is 2.43 bits per heavy atom. The van der Waals surface area contributed by atoms with E-state index in [1.165, 1.54) is 18.5 Å². The van der Waals surface area contributed by atoms with Gasteiger partial charge in [0.25, 0.3) is 5.78 Å². The smallest absolute Gasteiger partial charge is 0.370 e. The Hall–Kier alpha value is -3.42. The molecule has 28 heavy (non-hydrogen) atoms. The lowest BCUT2D eigenvalue weighted by Gasteiger charge is -2.11. The van der Waals surface area contributed by atoms with Crippen molar-refractivity contribution in [3.63, 3.8) is 0 Å². The minimum Gasteiger partial charge on any atom is -0.370 e. The molecule has 0 aliphatic rings. The standard InChI is InChI=1S/C20H16F3N5/c21-20(22,23)16-8-6-14(7-9-16)10-11-24-18-12-17(15-4-2-1-3-5-15)27-19-25-13-26-28(18)19/h1-9,12-13,24H,10-11H2. The first-order chi connectivity index (χ1) is 13.5. The fourth-order valence-electron chi connectivity index (χ4n) is 2.89. The zero-order valence-electron chi connectivity index (χ0n) is 14.7. The van der Waals surface area contributed by atoms with E-state index in [4.69, 9.17) is 0 Å². The molecule has 0 aliphatic carbocycles. The minimum absolute atomic E-state index is 0.471. The zero-order chi connectivity index (χ0) is 19.6. The van der Waals surface area contributed by atoms with E-state index in [1.54, 1.807) is 4.52 Å². The summed E-state index contributed by atoms with van der Waals surface area (Å²) in [5.74, 6) is 1.19. The number of anilines is 1. The van der Waals surface area contributed by atoms with Crippen LogP contribution in [0.15, 0.2) is 67.0 Å². The topological polar surface area (TPSA) is 55.1 Å². The first-order valence-corrected chi connectivity index (χ1v) is 8.67. The molecule has 4 rings (SSSR count). The summed E-state index contributed by atoms with van der Waals surface area (Å²) >= 11 is 0. The molecule has 0 unspecified atom stereocenters. The molecule has 0 saturated carbocycles. The fourth-order valence-corrected chi connectivity index (χ4v) is 2.89. The van der Waals surface area contributed by atoms with Crippen molar-refractivity contribution in [1.29, 1.82) is 0 Å². The van der Waals surface area contributed by atoms with Gasteiger partial charge in [0.05, 0.1) is 11.3 Å². The van der Waals surface area contributed by atoms with Crippen LogP contribution < -0.4 is 5.32 Å². The maximum Gasteiger partial charge on any atom is 0.416 e. The Balaban J connectivity index is 1.51. The maximum absolute atomic E-state index is 12.7. The van der Waals surface area contributed by atoms with E-state index >= 15 is 0 Å². The molecule has 0 bridgehead atoms. The van der Waals surface area contributed by atoms with Gasteiger partial charge in [0.15, 0.2) is 0 Å². The highest BCUT2D eigenvalue weighted by Gasteiger charge is 2.29. The van der Waals surface area contributed by atoms with E-state index in [-0.39, 0.29) is 0 Å². The third-order valence-corrected chi connectivity index (χ3v) is 4.32. The quantitative estimate of drug-likeness (QED) is 0.553. The summed E-state index contributed by atoms with van der Waals surface area (Å²) in [5, 5.41) is 7.45. The Bertz CT molecular complexity index is 1070. The molecule has 2 heterocycles. The number of benzene rings is 2. The van der Waals surface area contributed by atoms with Crippen LogP contribution in [-0.4, -0.2) is 26.1 Å². The van der Waals surface area contributed by atoms with Gasteiger partial charge in [-0.25, -0.2) is 4.98 Å². The number of aromatic nitrogens is 4. The lowest BCUT2D eigenvalue weighted by atomic mass is 10.1. The largest absolute Gasteiger partial charge is 0.416 e. The van der Waals surface area contributed by atoms with Gasteiger partial charge in [-0.2, -0.15) is 27.8 Å². The number of fused-ring (bicyclic) bond motifs is 1. The monoisotopic (exact) mass is 383 g/mol. The number of alkyl halides is 3. The maximum atomic E-state index is 12.7. The number of nitrogens with zero attached hydrogens (tertiary/aromatic N) is 4. The summed E-state index contributed by atoms with van der Waals surface area (Å²) < 4.78 is 39.6. The molecule has 142 valence electrons. The lowest BCUT2D eigenvalue weighted by molar-refractivity contribution is -0.137. The van der Waals surface area contributed by atoms with Crippen molar-refractivity contribution in [3.8, 4) is 11.3 Å². The van der Waals surface area contributed by atoms with Crippen LogP contribution in [-0.2, 0) is 12.6 Å². The van der Waals surface area contributed by atoms with E-state index < -0.39 is 11.7 Å². The molecular formula is C20H16F3N5. The number of rotatable bonds is 5. The van der Waals surface area contributed by atoms with Crippen molar-refractivity contribution in [2.75, 3.05) is 11.9 Å². The van der Waals surface area contributed by atoms with E-state index in [0.717, 1.165) is 29.0 Å². The van der Waals surface area contributed by atoms with E-state index in [0.29, 0.717) is 24.6 Å². The van der Waals surface area contributed by atoms with Crippen LogP contribution in [0.2, 0.25) is 0 Å². The molecule has 5 nitrogen and oxygen atoms in total. The van der Waals surface area contributed by atoms with Crippen LogP contribution >= 0.6 is 0 Å². The second kappa shape index (κ2) is 7.30. The van der Waals surface area contributed by atoms with Gasteiger partial charge in [0, 0.05) is 18.2 Å². The summed E-state index contributed by atoms with van der Waals surface area (Å²) in [6, 6.07) is 16.8. The number of hydrogen-bond acceptors (Lipinski definition) is 4. The van der Waals surface area contributed by atoms with Gasteiger partial charge in [0.2, 0.25) is 0 Å². The predicted molar refractivity (Wildman–Crippen MR) is 99.9 cm³/mol. The van der Waals surface area contributed by atoms with Crippen molar-refractivity contribution in [2.24, 2.45) is 0 Å². The average molecular weight is 383 g/mol. The Labute approximate surface area is 158 Å². The molecule has 1 N–H and O–H groups in total. The van der Waals surface area contributed by atoms with Crippen LogP contribution in [0.4, 0.5) is 19.0 Å². The molecule has 0 saturated heterocycles. The van der Waals surface area contributed by atoms with Crippen molar-refractivity contribution in [3.05, 3.63) is 78.1 Å². The Morgan fingerprint density at radius 2 is 1.71 bits per heavy atom. The summed E-state index contributed by atoms with van der Waals surface area (Å²) in [4.78, 5) is 8.67. The van der Waals surface area contributed by atoms with Crippen LogP contribution in [0.5, 0.6) is 0 Å². The van der Waals surface area contributed by atoms with Crippen molar-refractivity contribution in [2.45, 2.75) is 12.6 Å². The molecule has 8 heteroatoms. The van der Waals surface area contributed by atoms with E-state index in [2.05, 4.69) is 20.4 Å². The number of nitrogens with one attached hydrogen (secondary N) is 1. The van der Waals surface area contributed by atoms with Crippen molar-refractivity contribution < 1.29 is 13.2 Å². The fraction of sp³-hybridized carbons (Fsp3) is 0.150. The second-order valence-electron chi connectivity index (χ2n) is 6.24. The van der Waals surface area contributed by atoms with Crippen LogP contribution in [0.1, 0.15) is 11.1 Å². The Morgan fingerprint density at radius 1 is 0.964 bits per heavy atom. The third kappa shape index (κ3) is 3.80. The molecular weight excluding hydrogens is 367 g/mol.